The molecule has 0 fully saturated rings. The lowest BCUT2D eigenvalue weighted by atomic mass is 10.4. The maximum atomic E-state index is 11.2. The zero-order valence-corrected chi connectivity index (χ0v) is 9.30. The standard InChI is InChI=1S/C8H13NO5S/c1-5(10)9-3-4-15-8(13)6(14-2)7(11)12/h6H,3-4H2,1-2H3,(H,9,10)(H,11,12). The van der Waals surface area contributed by atoms with Gasteiger partial charge in [0.15, 0.2) is 0 Å². The van der Waals surface area contributed by atoms with E-state index in [0.29, 0.717) is 12.3 Å². The van der Waals surface area contributed by atoms with Crippen molar-refractivity contribution in [2.45, 2.75) is 13.0 Å². The van der Waals surface area contributed by atoms with Crippen molar-refractivity contribution >= 4 is 28.8 Å². The number of carboxylic acids is 1. The van der Waals surface area contributed by atoms with Crippen molar-refractivity contribution in [2.24, 2.45) is 0 Å². The molecule has 0 saturated heterocycles. The first-order chi connectivity index (χ1) is 6.99. The number of aliphatic carboxylic acids is 1. The van der Waals surface area contributed by atoms with Gasteiger partial charge in [0, 0.05) is 26.3 Å². The molecule has 0 aliphatic heterocycles. The molecule has 0 aromatic heterocycles. The second kappa shape index (κ2) is 7.24. The molecule has 15 heavy (non-hydrogen) atoms. The molecular formula is C8H13NO5S. The lowest BCUT2D eigenvalue weighted by molar-refractivity contribution is -0.151. The summed E-state index contributed by atoms with van der Waals surface area (Å²) in [5.74, 6) is -1.18. The van der Waals surface area contributed by atoms with Crippen LogP contribution < -0.4 is 5.32 Å². The Labute approximate surface area is 91.4 Å². The summed E-state index contributed by atoms with van der Waals surface area (Å²) in [6.07, 6.45) is -1.44. The Kier molecular flexibility index (Phi) is 6.72. The van der Waals surface area contributed by atoms with Crippen molar-refractivity contribution in [3.8, 4) is 0 Å². The van der Waals surface area contributed by atoms with E-state index in [-0.39, 0.29) is 5.91 Å². The second-order valence-electron chi connectivity index (χ2n) is 2.60. The summed E-state index contributed by atoms with van der Waals surface area (Å²) in [4.78, 5) is 32.2. The molecule has 86 valence electrons. The number of amides is 1. The molecule has 7 heteroatoms. The molecule has 0 rings (SSSR count). The van der Waals surface area contributed by atoms with Gasteiger partial charge in [-0.25, -0.2) is 4.79 Å². The van der Waals surface area contributed by atoms with Crippen LogP contribution in [0, 0.1) is 0 Å². The highest BCUT2D eigenvalue weighted by molar-refractivity contribution is 8.13. The minimum absolute atomic E-state index is 0.190. The van der Waals surface area contributed by atoms with Crippen LogP contribution in [0.5, 0.6) is 0 Å². The fourth-order valence-corrected chi connectivity index (χ4v) is 1.51. The molecule has 0 bridgehead atoms. The lowest BCUT2D eigenvalue weighted by Gasteiger charge is -2.08. The molecule has 2 N–H and O–H groups in total. The molecule has 0 saturated carbocycles. The highest BCUT2D eigenvalue weighted by atomic mass is 32.2. The van der Waals surface area contributed by atoms with E-state index in [2.05, 4.69) is 10.1 Å². The average Bonchev–Trinajstić information content (AvgIpc) is 2.12. The Morgan fingerprint density at radius 2 is 2.07 bits per heavy atom. The third kappa shape index (κ3) is 6.08. The van der Waals surface area contributed by atoms with Gasteiger partial charge in [-0.1, -0.05) is 11.8 Å². The second-order valence-corrected chi connectivity index (χ2v) is 3.70. The van der Waals surface area contributed by atoms with Gasteiger partial charge in [-0.3, -0.25) is 9.59 Å². The zero-order chi connectivity index (χ0) is 11.8. The van der Waals surface area contributed by atoms with Crippen molar-refractivity contribution in [3.05, 3.63) is 0 Å². The minimum atomic E-state index is -1.44. The van der Waals surface area contributed by atoms with Gasteiger partial charge in [0.05, 0.1) is 0 Å². The number of carbonyl (C=O) groups is 3. The van der Waals surface area contributed by atoms with Crippen LogP contribution in [0.2, 0.25) is 0 Å². The molecular weight excluding hydrogens is 222 g/mol. The van der Waals surface area contributed by atoms with Gasteiger partial charge >= 0.3 is 5.97 Å². The molecule has 0 aromatic rings. The maximum absolute atomic E-state index is 11.2. The van der Waals surface area contributed by atoms with Crippen molar-refractivity contribution in [2.75, 3.05) is 19.4 Å². The molecule has 0 radical (unpaired) electrons. The van der Waals surface area contributed by atoms with E-state index in [1.165, 1.54) is 6.92 Å². The number of methoxy groups -OCH3 is 1. The monoisotopic (exact) mass is 235 g/mol. The van der Waals surface area contributed by atoms with E-state index in [1.807, 2.05) is 0 Å². The number of carboxylic acid groups (broad SMARTS) is 1. The van der Waals surface area contributed by atoms with E-state index < -0.39 is 17.2 Å². The summed E-state index contributed by atoms with van der Waals surface area (Å²) in [6, 6.07) is 0. The Hall–Kier alpha value is -1.08. The number of rotatable bonds is 6. The van der Waals surface area contributed by atoms with E-state index in [4.69, 9.17) is 5.11 Å². The molecule has 0 aliphatic rings. The Morgan fingerprint density at radius 3 is 2.47 bits per heavy atom. The van der Waals surface area contributed by atoms with Crippen LogP contribution in [-0.2, 0) is 19.1 Å². The first kappa shape index (κ1) is 13.9. The maximum Gasteiger partial charge on any atom is 0.341 e. The van der Waals surface area contributed by atoms with E-state index >= 15 is 0 Å². The first-order valence-corrected chi connectivity index (χ1v) is 5.14. The fourth-order valence-electron chi connectivity index (χ4n) is 0.752. The largest absolute Gasteiger partial charge is 0.479 e. The van der Waals surface area contributed by atoms with Gasteiger partial charge < -0.3 is 15.2 Å². The first-order valence-electron chi connectivity index (χ1n) is 4.15. The van der Waals surface area contributed by atoms with Crippen LogP contribution in [0.25, 0.3) is 0 Å². The van der Waals surface area contributed by atoms with Gasteiger partial charge in [0.1, 0.15) is 0 Å². The molecule has 0 heterocycles. The van der Waals surface area contributed by atoms with E-state index in [0.717, 1.165) is 18.9 Å². The number of thioether (sulfide) groups is 1. The quantitative estimate of drug-likeness (QED) is 0.475. The molecule has 0 spiro atoms. The molecule has 0 aliphatic carbocycles. The van der Waals surface area contributed by atoms with Crippen LogP contribution in [0.3, 0.4) is 0 Å². The molecule has 6 nitrogen and oxygen atoms in total. The molecule has 0 aromatic carbocycles. The zero-order valence-electron chi connectivity index (χ0n) is 8.48. The third-order valence-electron chi connectivity index (χ3n) is 1.39. The highest BCUT2D eigenvalue weighted by Crippen LogP contribution is 2.07. The predicted molar refractivity (Wildman–Crippen MR) is 54.6 cm³/mol. The van der Waals surface area contributed by atoms with Gasteiger partial charge in [0.25, 0.3) is 0 Å². The lowest BCUT2D eigenvalue weighted by Crippen LogP contribution is -2.31. The number of carbonyl (C=O) groups excluding carboxylic acids is 2. The Bertz CT molecular complexity index is 255. The summed E-state index contributed by atoms with van der Waals surface area (Å²) >= 11 is 0.820. The van der Waals surface area contributed by atoms with Crippen LogP contribution in [-0.4, -0.2) is 47.6 Å². The Balaban J connectivity index is 3.82. The Morgan fingerprint density at radius 1 is 1.47 bits per heavy atom. The van der Waals surface area contributed by atoms with Crippen molar-refractivity contribution < 1.29 is 24.2 Å². The van der Waals surface area contributed by atoms with Gasteiger partial charge in [-0.2, -0.15) is 0 Å². The minimum Gasteiger partial charge on any atom is -0.479 e. The SMILES string of the molecule is COC(C(=O)O)C(=O)SCCNC(C)=O. The predicted octanol–water partition coefficient (Wildman–Crippen LogP) is -0.518. The van der Waals surface area contributed by atoms with Crippen molar-refractivity contribution in [3.63, 3.8) is 0 Å². The van der Waals surface area contributed by atoms with Gasteiger partial charge in [0.2, 0.25) is 17.1 Å². The summed E-state index contributed by atoms with van der Waals surface area (Å²) < 4.78 is 4.49. The summed E-state index contributed by atoms with van der Waals surface area (Å²) in [5, 5.41) is 10.5. The number of nitrogens with one attached hydrogen (secondary N) is 1. The summed E-state index contributed by atoms with van der Waals surface area (Å²) in [5.41, 5.74) is 0. The summed E-state index contributed by atoms with van der Waals surface area (Å²) in [7, 11) is 1.16. The topological polar surface area (TPSA) is 92.7 Å². The molecule has 1 unspecified atom stereocenters. The van der Waals surface area contributed by atoms with Crippen molar-refractivity contribution in [1.82, 2.24) is 5.32 Å². The molecule has 1 atom stereocenters. The van der Waals surface area contributed by atoms with Crippen LogP contribution in [0.15, 0.2) is 0 Å². The van der Waals surface area contributed by atoms with Crippen LogP contribution in [0.1, 0.15) is 6.92 Å². The third-order valence-corrected chi connectivity index (χ3v) is 2.30. The molecule has 1 amide bonds. The van der Waals surface area contributed by atoms with Gasteiger partial charge in [-0.05, 0) is 0 Å². The van der Waals surface area contributed by atoms with E-state index in [1.54, 1.807) is 0 Å². The average molecular weight is 235 g/mol. The highest BCUT2D eigenvalue weighted by Gasteiger charge is 2.25. The summed E-state index contributed by atoms with van der Waals surface area (Å²) in [6.45, 7) is 1.68. The fraction of sp³-hybridized carbons (Fsp3) is 0.625. The van der Waals surface area contributed by atoms with Crippen molar-refractivity contribution in [1.29, 1.82) is 0 Å². The van der Waals surface area contributed by atoms with Crippen LogP contribution >= 0.6 is 11.8 Å². The van der Waals surface area contributed by atoms with Gasteiger partial charge in [-0.15, -0.1) is 0 Å². The number of hydrogen-bond acceptors (Lipinski definition) is 5. The number of ether oxygens (including phenoxy) is 1. The number of hydrogen-bond donors (Lipinski definition) is 2. The normalized spacial score (nSPS) is 11.9. The van der Waals surface area contributed by atoms with E-state index in [9.17, 15) is 14.4 Å². The van der Waals surface area contributed by atoms with Crippen LogP contribution in [0.4, 0.5) is 0 Å². The smallest absolute Gasteiger partial charge is 0.341 e.